The molecule has 5 nitrogen and oxygen atoms in total. The van der Waals surface area contributed by atoms with E-state index in [4.69, 9.17) is 9.31 Å². The van der Waals surface area contributed by atoms with Crippen molar-refractivity contribution in [3.8, 4) is 0 Å². The molecule has 0 unspecified atom stereocenters. The Morgan fingerprint density at radius 1 is 1.04 bits per heavy atom. The molecule has 2 aromatic rings. The van der Waals surface area contributed by atoms with Crippen LogP contribution in [0.25, 0.3) is 10.9 Å². The van der Waals surface area contributed by atoms with Gasteiger partial charge in [-0.3, -0.25) is 4.57 Å². The molecule has 1 aromatic heterocycles. The predicted octanol–water partition coefficient (Wildman–Crippen LogP) is 3.81. The standard InChI is InChI=1S/C21H31BN2O3/c1-8-15-16-13-11-12-14-17(16)24(19(25)23(9-2)10-3)18(15)22-26-20(4,5)21(6,7)27-22/h11-14H,8-10H2,1-7H3. The number of hydrogen-bond donors (Lipinski definition) is 0. The topological polar surface area (TPSA) is 43.7 Å². The van der Waals surface area contributed by atoms with E-state index in [2.05, 4.69) is 13.0 Å². The number of carbonyl (C=O) groups is 1. The van der Waals surface area contributed by atoms with E-state index in [0.717, 1.165) is 28.5 Å². The van der Waals surface area contributed by atoms with Crippen LogP contribution >= 0.6 is 0 Å². The first-order chi connectivity index (χ1) is 12.7. The number of benzene rings is 1. The van der Waals surface area contributed by atoms with Crippen molar-refractivity contribution in [2.24, 2.45) is 0 Å². The van der Waals surface area contributed by atoms with Gasteiger partial charge >= 0.3 is 13.1 Å². The van der Waals surface area contributed by atoms with Gasteiger partial charge in [-0.05, 0) is 59.6 Å². The van der Waals surface area contributed by atoms with Crippen LogP contribution in [0.4, 0.5) is 4.79 Å². The van der Waals surface area contributed by atoms with E-state index >= 15 is 0 Å². The highest BCUT2D eigenvalue weighted by atomic mass is 16.7. The number of aromatic nitrogens is 1. The maximum Gasteiger partial charge on any atom is 0.513 e. The molecule has 0 saturated carbocycles. The molecule has 2 heterocycles. The number of amides is 1. The van der Waals surface area contributed by atoms with Crippen molar-refractivity contribution in [3.05, 3.63) is 29.8 Å². The lowest BCUT2D eigenvalue weighted by atomic mass is 9.80. The molecule has 1 aromatic carbocycles. The second kappa shape index (κ2) is 6.99. The summed E-state index contributed by atoms with van der Waals surface area (Å²) in [6.07, 6.45) is 0.804. The first-order valence-corrected chi connectivity index (χ1v) is 9.95. The van der Waals surface area contributed by atoms with Gasteiger partial charge in [0.25, 0.3) is 0 Å². The van der Waals surface area contributed by atoms with E-state index in [1.165, 1.54) is 0 Å². The van der Waals surface area contributed by atoms with Gasteiger partial charge in [-0.1, -0.05) is 25.1 Å². The van der Waals surface area contributed by atoms with Crippen molar-refractivity contribution in [1.82, 2.24) is 9.47 Å². The second-order valence-corrected chi connectivity index (χ2v) is 8.11. The minimum Gasteiger partial charge on any atom is -0.398 e. The van der Waals surface area contributed by atoms with Crippen molar-refractivity contribution in [3.63, 3.8) is 0 Å². The molecule has 146 valence electrons. The molecule has 0 aliphatic carbocycles. The molecule has 1 saturated heterocycles. The predicted molar refractivity (Wildman–Crippen MR) is 111 cm³/mol. The largest absolute Gasteiger partial charge is 0.513 e. The third-order valence-electron chi connectivity index (χ3n) is 6.08. The molecule has 1 aliphatic heterocycles. The van der Waals surface area contributed by atoms with Gasteiger partial charge in [0.05, 0.1) is 22.3 Å². The minimum absolute atomic E-state index is 0.0272. The van der Waals surface area contributed by atoms with Crippen LogP contribution in [0.2, 0.25) is 0 Å². The van der Waals surface area contributed by atoms with E-state index in [0.29, 0.717) is 13.1 Å². The number of aryl methyl sites for hydroxylation is 1. The lowest BCUT2D eigenvalue weighted by Crippen LogP contribution is -2.47. The average molecular weight is 370 g/mol. The van der Waals surface area contributed by atoms with Gasteiger partial charge in [-0.15, -0.1) is 0 Å². The molecule has 1 amide bonds. The molecular weight excluding hydrogens is 339 g/mol. The lowest BCUT2D eigenvalue weighted by Gasteiger charge is -2.32. The molecular formula is C21H31BN2O3. The van der Waals surface area contributed by atoms with Gasteiger partial charge < -0.3 is 14.2 Å². The van der Waals surface area contributed by atoms with Crippen molar-refractivity contribution in [2.75, 3.05) is 13.1 Å². The quantitative estimate of drug-likeness (QED) is 0.769. The van der Waals surface area contributed by atoms with Crippen LogP contribution in [0.3, 0.4) is 0 Å². The minimum atomic E-state index is -0.572. The smallest absolute Gasteiger partial charge is 0.398 e. The van der Waals surface area contributed by atoms with Gasteiger partial charge in [-0.25, -0.2) is 4.79 Å². The summed E-state index contributed by atoms with van der Waals surface area (Å²) >= 11 is 0. The fourth-order valence-corrected chi connectivity index (χ4v) is 3.74. The van der Waals surface area contributed by atoms with Crippen molar-refractivity contribution in [1.29, 1.82) is 0 Å². The number of nitrogens with zero attached hydrogens (tertiary/aromatic N) is 2. The summed E-state index contributed by atoms with van der Waals surface area (Å²) in [5.74, 6) is 0. The Bertz CT molecular complexity index is 836. The number of fused-ring (bicyclic) bond motifs is 1. The van der Waals surface area contributed by atoms with Gasteiger partial charge in [0.2, 0.25) is 0 Å². The summed E-state index contributed by atoms with van der Waals surface area (Å²) in [5, 5.41) is 1.09. The summed E-state index contributed by atoms with van der Waals surface area (Å²) in [7, 11) is -0.572. The average Bonchev–Trinajstić information content (AvgIpc) is 3.06. The first-order valence-electron chi connectivity index (χ1n) is 9.95. The third-order valence-corrected chi connectivity index (χ3v) is 6.08. The summed E-state index contributed by atoms with van der Waals surface area (Å²) < 4.78 is 14.5. The molecule has 27 heavy (non-hydrogen) atoms. The lowest BCUT2D eigenvalue weighted by molar-refractivity contribution is 0.00578. The summed E-state index contributed by atoms with van der Waals surface area (Å²) in [6, 6.07) is 8.05. The molecule has 0 bridgehead atoms. The number of hydrogen-bond acceptors (Lipinski definition) is 3. The van der Waals surface area contributed by atoms with Crippen LogP contribution in [-0.2, 0) is 15.7 Å². The summed E-state index contributed by atoms with van der Waals surface area (Å²) in [5.41, 5.74) is 1.94. The summed E-state index contributed by atoms with van der Waals surface area (Å²) in [6.45, 7) is 15.6. The fourth-order valence-electron chi connectivity index (χ4n) is 3.74. The molecule has 0 spiro atoms. The summed E-state index contributed by atoms with van der Waals surface area (Å²) in [4.78, 5) is 15.3. The third kappa shape index (κ3) is 3.09. The highest BCUT2D eigenvalue weighted by Crippen LogP contribution is 2.37. The first kappa shape index (κ1) is 20.0. The zero-order chi connectivity index (χ0) is 20.0. The highest BCUT2D eigenvalue weighted by Gasteiger charge is 2.54. The van der Waals surface area contributed by atoms with Gasteiger partial charge in [0, 0.05) is 18.5 Å². The van der Waals surface area contributed by atoms with Gasteiger partial charge in [-0.2, -0.15) is 0 Å². The van der Waals surface area contributed by atoms with E-state index in [1.807, 2.05) is 69.2 Å². The molecule has 3 rings (SSSR count). The maximum atomic E-state index is 13.4. The second-order valence-electron chi connectivity index (χ2n) is 8.11. The van der Waals surface area contributed by atoms with Crippen LogP contribution < -0.4 is 5.59 Å². The van der Waals surface area contributed by atoms with Gasteiger partial charge in [0.15, 0.2) is 0 Å². The van der Waals surface area contributed by atoms with Crippen molar-refractivity contribution < 1.29 is 14.1 Å². The molecule has 1 aliphatic rings. The van der Waals surface area contributed by atoms with Crippen LogP contribution in [0.15, 0.2) is 24.3 Å². The SMILES string of the molecule is CCc1c(B2OC(C)(C)C(C)(C)O2)n(C(=O)N(CC)CC)c2ccccc12. The Morgan fingerprint density at radius 2 is 1.59 bits per heavy atom. The molecule has 0 radical (unpaired) electrons. The van der Waals surface area contributed by atoms with Crippen molar-refractivity contribution in [2.45, 2.75) is 66.1 Å². The Kier molecular flexibility index (Phi) is 5.17. The zero-order valence-electron chi connectivity index (χ0n) is 17.6. The zero-order valence-corrected chi connectivity index (χ0v) is 17.6. The maximum absolute atomic E-state index is 13.4. The van der Waals surface area contributed by atoms with Crippen LogP contribution in [-0.4, -0.2) is 46.9 Å². The Hall–Kier alpha value is -1.79. The van der Waals surface area contributed by atoms with Crippen LogP contribution in [0.5, 0.6) is 0 Å². The van der Waals surface area contributed by atoms with E-state index in [1.54, 1.807) is 0 Å². The number of carbonyl (C=O) groups excluding carboxylic acids is 1. The Morgan fingerprint density at radius 3 is 2.11 bits per heavy atom. The highest BCUT2D eigenvalue weighted by molar-refractivity contribution is 6.63. The van der Waals surface area contributed by atoms with E-state index in [9.17, 15) is 4.79 Å². The monoisotopic (exact) mass is 370 g/mol. The Balaban J connectivity index is 2.25. The normalized spacial score (nSPS) is 18.3. The molecule has 0 N–H and O–H groups in total. The fraction of sp³-hybridized carbons (Fsp3) is 0.571. The molecule has 1 fully saturated rings. The Labute approximate surface area is 162 Å². The number of rotatable bonds is 4. The van der Waals surface area contributed by atoms with Crippen LogP contribution in [0.1, 0.15) is 54.0 Å². The van der Waals surface area contributed by atoms with E-state index in [-0.39, 0.29) is 6.03 Å². The number of para-hydroxylation sites is 1. The van der Waals surface area contributed by atoms with E-state index < -0.39 is 18.3 Å². The van der Waals surface area contributed by atoms with Crippen molar-refractivity contribution >= 4 is 29.6 Å². The van der Waals surface area contributed by atoms with Gasteiger partial charge in [0.1, 0.15) is 0 Å². The molecule has 0 atom stereocenters. The molecule has 6 heteroatoms. The van der Waals surface area contributed by atoms with Crippen LogP contribution in [0, 0.1) is 0 Å².